The second-order valence-electron chi connectivity index (χ2n) is 3.16. The molecule has 0 saturated heterocycles. The van der Waals surface area contributed by atoms with Gasteiger partial charge in [-0.25, -0.2) is 9.78 Å². The molecule has 0 atom stereocenters. The first-order chi connectivity index (χ1) is 7.84. The van der Waals surface area contributed by atoms with Crippen LogP contribution in [0.4, 0.5) is 0 Å². The molecule has 0 aliphatic rings. The van der Waals surface area contributed by atoms with Crippen LogP contribution in [-0.2, 0) is 0 Å². The first-order valence-corrected chi connectivity index (χ1v) is 4.64. The number of nitrogens with zero attached hydrogens (tertiary/aromatic N) is 2. The van der Waals surface area contributed by atoms with Crippen LogP contribution in [0.15, 0.2) is 50.4 Å². The van der Waals surface area contributed by atoms with Crippen molar-refractivity contribution in [2.45, 2.75) is 0 Å². The molecule has 5 heteroatoms. The van der Waals surface area contributed by atoms with Gasteiger partial charge in [-0.05, 0) is 24.3 Å². The van der Waals surface area contributed by atoms with Gasteiger partial charge in [-0.2, -0.15) is 4.98 Å². The standard InChI is InChI=1S/C11H6N2O3/c14-11-7-3-1-5-12-9(7)13-10(16-11)8-4-2-6-15-8/h1-6H. The Hall–Kier alpha value is -2.43. The minimum Gasteiger partial charge on any atom is -0.459 e. The van der Waals surface area contributed by atoms with E-state index in [1.165, 1.54) is 6.26 Å². The summed E-state index contributed by atoms with van der Waals surface area (Å²) in [4.78, 5) is 19.7. The Labute approximate surface area is 89.4 Å². The zero-order chi connectivity index (χ0) is 11.0. The predicted molar refractivity (Wildman–Crippen MR) is 55.8 cm³/mol. The van der Waals surface area contributed by atoms with Crippen LogP contribution in [-0.4, -0.2) is 9.97 Å². The van der Waals surface area contributed by atoms with Crippen molar-refractivity contribution in [1.82, 2.24) is 9.97 Å². The summed E-state index contributed by atoms with van der Waals surface area (Å²) >= 11 is 0. The number of aromatic nitrogens is 2. The highest BCUT2D eigenvalue weighted by molar-refractivity contribution is 5.73. The van der Waals surface area contributed by atoms with Gasteiger partial charge in [0, 0.05) is 6.20 Å². The van der Waals surface area contributed by atoms with Crippen molar-refractivity contribution >= 4 is 11.0 Å². The van der Waals surface area contributed by atoms with E-state index in [4.69, 9.17) is 8.83 Å². The summed E-state index contributed by atoms with van der Waals surface area (Å²) < 4.78 is 10.1. The first-order valence-electron chi connectivity index (χ1n) is 4.64. The monoisotopic (exact) mass is 214 g/mol. The van der Waals surface area contributed by atoms with Gasteiger partial charge in [-0.3, -0.25) is 0 Å². The molecule has 0 saturated carbocycles. The largest absolute Gasteiger partial charge is 0.459 e. The van der Waals surface area contributed by atoms with Crippen LogP contribution >= 0.6 is 0 Å². The number of rotatable bonds is 1. The van der Waals surface area contributed by atoms with Gasteiger partial charge >= 0.3 is 5.63 Å². The Morgan fingerprint density at radius 3 is 2.94 bits per heavy atom. The van der Waals surface area contributed by atoms with E-state index in [9.17, 15) is 4.79 Å². The number of pyridine rings is 1. The van der Waals surface area contributed by atoms with E-state index in [-0.39, 0.29) is 5.89 Å². The molecule has 0 bridgehead atoms. The van der Waals surface area contributed by atoms with E-state index < -0.39 is 5.63 Å². The Balaban J connectivity index is 2.34. The van der Waals surface area contributed by atoms with Crippen LogP contribution in [0, 0.1) is 0 Å². The summed E-state index contributed by atoms with van der Waals surface area (Å²) in [6, 6.07) is 6.64. The van der Waals surface area contributed by atoms with Gasteiger partial charge < -0.3 is 8.83 Å². The van der Waals surface area contributed by atoms with Crippen LogP contribution in [0.2, 0.25) is 0 Å². The van der Waals surface area contributed by atoms with E-state index in [1.54, 1.807) is 30.5 Å². The third-order valence-electron chi connectivity index (χ3n) is 2.14. The molecule has 0 fully saturated rings. The minimum absolute atomic E-state index is 0.140. The van der Waals surface area contributed by atoms with Crippen molar-refractivity contribution in [3.63, 3.8) is 0 Å². The molecule has 5 nitrogen and oxygen atoms in total. The second kappa shape index (κ2) is 3.30. The Morgan fingerprint density at radius 1 is 1.19 bits per heavy atom. The lowest BCUT2D eigenvalue weighted by Gasteiger charge is -1.96. The van der Waals surface area contributed by atoms with Gasteiger partial charge in [0.2, 0.25) is 0 Å². The van der Waals surface area contributed by atoms with Gasteiger partial charge in [0.05, 0.1) is 6.26 Å². The molecule has 0 unspecified atom stereocenters. The number of hydrogen-bond donors (Lipinski definition) is 0. The molecule has 16 heavy (non-hydrogen) atoms. The lowest BCUT2D eigenvalue weighted by Crippen LogP contribution is -2.03. The van der Waals surface area contributed by atoms with Crippen LogP contribution in [0.25, 0.3) is 22.7 Å². The highest BCUT2D eigenvalue weighted by Gasteiger charge is 2.10. The summed E-state index contributed by atoms with van der Waals surface area (Å²) in [7, 11) is 0. The van der Waals surface area contributed by atoms with Crippen molar-refractivity contribution < 1.29 is 8.83 Å². The van der Waals surface area contributed by atoms with Crippen molar-refractivity contribution in [3.8, 4) is 11.7 Å². The fourth-order valence-corrected chi connectivity index (χ4v) is 1.41. The molecule has 3 heterocycles. The van der Waals surface area contributed by atoms with E-state index in [2.05, 4.69) is 9.97 Å². The molecular weight excluding hydrogens is 208 g/mol. The molecule has 3 rings (SSSR count). The van der Waals surface area contributed by atoms with Crippen molar-refractivity contribution in [1.29, 1.82) is 0 Å². The summed E-state index contributed by atoms with van der Waals surface area (Å²) in [6.45, 7) is 0. The topological polar surface area (TPSA) is 69.1 Å². The molecule has 0 aliphatic heterocycles. The molecule has 0 radical (unpaired) electrons. The Morgan fingerprint density at radius 2 is 2.12 bits per heavy atom. The van der Waals surface area contributed by atoms with Crippen LogP contribution in [0.3, 0.4) is 0 Å². The first kappa shape index (κ1) is 8.84. The smallest absolute Gasteiger partial charge is 0.348 e. The lowest BCUT2D eigenvalue weighted by molar-refractivity contribution is 0.481. The number of furan rings is 1. The maximum absolute atomic E-state index is 11.6. The molecule has 0 aliphatic carbocycles. The van der Waals surface area contributed by atoms with Gasteiger partial charge in [-0.15, -0.1) is 0 Å². The lowest BCUT2D eigenvalue weighted by atomic mass is 10.3. The van der Waals surface area contributed by atoms with E-state index in [0.717, 1.165) is 0 Å². The maximum atomic E-state index is 11.6. The Bertz CT molecular complexity index is 686. The maximum Gasteiger partial charge on any atom is 0.348 e. The van der Waals surface area contributed by atoms with Gasteiger partial charge in [-0.1, -0.05) is 0 Å². The predicted octanol–water partition coefficient (Wildman–Crippen LogP) is 1.84. The van der Waals surface area contributed by atoms with Crippen molar-refractivity contribution in [2.24, 2.45) is 0 Å². The van der Waals surface area contributed by atoms with E-state index >= 15 is 0 Å². The van der Waals surface area contributed by atoms with Crippen LogP contribution in [0.5, 0.6) is 0 Å². The van der Waals surface area contributed by atoms with Crippen molar-refractivity contribution in [2.75, 3.05) is 0 Å². The summed E-state index contributed by atoms with van der Waals surface area (Å²) in [5, 5.41) is 0.359. The van der Waals surface area contributed by atoms with Crippen LogP contribution < -0.4 is 5.63 Å². The fraction of sp³-hybridized carbons (Fsp3) is 0. The summed E-state index contributed by atoms with van der Waals surface area (Å²) in [6.07, 6.45) is 3.06. The summed E-state index contributed by atoms with van der Waals surface area (Å²) in [5.41, 5.74) is -0.116. The molecule has 0 spiro atoms. The van der Waals surface area contributed by atoms with E-state index in [0.29, 0.717) is 16.8 Å². The highest BCUT2D eigenvalue weighted by atomic mass is 16.4. The highest BCUT2D eigenvalue weighted by Crippen LogP contribution is 2.17. The number of hydrogen-bond acceptors (Lipinski definition) is 5. The van der Waals surface area contributed by atoms with Crippen LogP contribution in [0.1, 0.15) is 0 Å². The molecule has 78 valence electrons. The fourth-order valence-electron chi connectivity index (χ4n) is 1.41. The van der Waals surface area contributed by atoms with Gasteiger partial charge in [0.25, 0.3) is 5.89 Å². The molecular formula is C11H6N2O3. The van der Waals surface area contributed by atoms with Gasteiger partial charge in [0.15, 0.2) is 11.4 Å². The molecule has 3 aromatic rings. The molecule has 0 amide bonds. The third-order valence-corrected chi connectivity index (χ3v) is 2.14. The average molecular weight is 214 g/mol. The third kappa shape index (κ3) is 1.30. The summed E-state index contributed by atoms with van der Waals surface area (Å²) in [5.74, 6) is 0.547. The Kier molecular flexibility index (Phi) is 1.83. The quantitative estimate of drug-likeness (QED) is 0.618. The normalized spacial score (nSPS) is 10.8. The van der Waals surface area contributed by atoms with E-state index in [1.807, 2.05) is 0 Å². The zero-order valence-electron chi connectivity index (χ0n) is 8.08. The van der Waals surface area contributed by atoms with Gasteiger partial charge in [0.1, 0.15) is 5.39 Å². The average Bonchev–Trinajstić information content (AvgIpc) is 2.82. The molecule has 0 N–H and O–H groups in total. The molecule has 0 aromatic carbocycles. The van der Waals surface area contributed by atoms with Crippen molar-refractivity contribution in [3.05, 3.63) is 47.1 Å². The number of fused-ring (bicyclic) bond motifs is 1. The zero-order valence-corrected chi connectivity index (χ0v) is 8.08. The SMILES string of the molecule is O=c1oc(-c2ccco2)nc2ncccc12. The minimum atomic E-state index is -0.468. The molecule has 3 aromatic heterocycles. The second-order valence-corrected chi connectivity index (χ2v) is 3.16.